The van der Waals surface area contributed by atoms with E-state index in [1.54, 1.807) is 4.52 Å². The number of aromatic nitrogens is 4. The molecule has 0 unspecified atom stereocenters. The van der Waals surface area contributed by atoms with Crippen molar-refractivity contribution >= 4 is 21.6 Å². The van der Waals surface area contributed by atoms with Crippen molar-refractivity contribution in [3.05, 3.63) is 46.7 Å². The van der Waals surface area contributed by atoms with Crippen LogP contribution in [-0.2, 0) is 6.54 Å². The highest BCUT2D eigenvalue weighted by Gasteiger charge is 2.07. The van der Waals surface area contributed by atoms with E-state index in [0.29, 0.717) is 6.54 Å². The average Bonchev–Trinajstić information content (AvgIpc) is 2.82. The van der Waals surface area contributed by atoms with E-state index in [1.165, 1.54) is 0 Å². The normalized spacial score (nSPS) is 11.1. The Balaban J connectivity index is 2.12. The highest BCUT2D eigenvalue weighted by atomic mass is 79.9. The number of benzene rings is 1. The molecule has 1 aromatic carbocycles. The second-order valence-corrected chi connectivity index (χ2v) is 5.06. The Morgan fingerprint density at radius 3 is 2.89 bits per heavy atom. The Labute approximate surface area is 118 Å². The first-order valence-corrected chi connectivity index (χ1v) is 6.69. The van der Waals surface area contributed by atoms with Crippen LogP contribution in [0.4, 0.5) is 0 Å². The molecule has 2 heterocycles. The van der Waals surface area contributed by atoms with Gasteiger partial charge in [-0.15, -0.1) is 10.2 Å². The van der Waals surface area contributed by atoms with E-state index in [2.05, 4.69) is 36.5 Å². The minimum atomic E-state index is 0.635. The van der Waals surface area contributed by atoms with Gasteiger partial charge >= 0.3 is 0 Å². The Morgan fingerprint density at radius 1 is 1.21 bits per heavy atom. The number of hydrogen-bond donors (Lipinski definition) is 1. The monoisotopic (exact) mass is 317 g/mol. The third-order valence-corrected chi connectivity index (χ3v) is 3.28. The van der Waals surface area contributed by atoms with Gasteiger partial charge in [0.05, 0.1) is 12.2 Å². The lowest BCUT2D eigenvalue weighted by atomic mass is 10.1. The van der Waals surface area contributed by atoms with Crippen LogP contribution in [0.25, 0.3) is 16.9 Å². The molecule has 19 heavy (non-hydrogen) atoms. The van der Waals surface area contributed by atoms with Gasteiger partial charge in [-0.1, -0.05) is 28.1 Å². The number of fused-ring (bicyclic) bond motifs is 1. The lowest BCUT2D eigenvalue weighted by molar-refractivity contribution is 0.719. The van der Waals surface area contributed by atoms with Gasteiger partial charge in [0.25, 0.3) is 0 Å². The lowest BCUT2D eigenvalue weighted by Crippen LogP contribution is -2.10. The number of nitrogens with one attached hydrogen (secondary N) is 1. The van der Waals surface area contributed by atoms with Gasteiger partial charge in [0.15, 0.2) is 11.5 Å². The zero-order valence-electron chi connectivity index (χ0n) is 10.3. The molecule has 0 aliphatic rings. The molecule has 0 spiro atoms. The van der Waals surface area contributed by atoms with Crippen molar-refractivity contribution in [2.45, 2.75) is 6.54 Å². The first-order chi connectivity index (χ1) is 9.28. The van der Waals surface area contributed by atoms with E-state index in [1.807, 2.05) is 43.4 Å². The van der Waals surface area contributed by atoms with Crippen molar-refractivity contribution in [1.29, 1.82) is 0 Å². The summed E-state index contributed by atoms with van der Waals surface area (Å²) in [7, 11) is 1.87. The van der Waals surface area contributed by atoms with Crippen molar-refractivity contribution in [2.75, 3.05) is 7.05 Å². The van der Waals surface area contributed by atoms with Gasteiger partial charge in [0.1, 0.15) is 0 Å². The van der Waals surface area contributed by atoms with Crippen LogP contribution in [0.2, 0.25) is 0 Å². The fourth-order valence-corrected chi connectivity index (χ4v) is 2.30. The second kappa shape index (κ2) is 5.07. The maximum Gasteiger partial charge on any atom is 0.177 e. The number of hydrogen-bond acceptors (Lipinski definition) is 4. The Morgan fingerprint density at radius 2 is 2.11 bits per heavy atom. The van der Waals surface area contributed by atoms with Crippen molar-refractivity contribution in [3.63, 3.8) is 0 Å². The summed E-state index contributed by atoms with van der Waals surface area (Å²) in [4.78, 5) is 0. The molecule has 0 amide bonds. The van der Waals surface area contributed by atoms with Gasteiger partial charge < -0.3 is 5.32 Å². The zero-order valence-corrected chi connectivity index (χ0v) is 11.9. The van der Waals surface area contributed by atoms with E-state index in [9.17, 15) is 0 Å². The first kappa shape index (κ1) is 12.3. The fraction of sp³-hybridized carbons (Fsp3) is 0.154. The van der Waals surface area contributed by atoms with Gasteiger partial charge in [0.2, 0.25) is 0 Å². The second-order valence-electron chi connectivity index (χ2n) is 4.15. The molecule has 0 atom stereocenters. The van der Waals surface area contributed by atoms with E-state index in [4.69, 9.17) is 0 Å². The highest BCUT2D eigenvalue weighted by molar-refractivity contribution is 9.10. The topological polar surface area (TPSA) is 55.1 Å². The summed E-state index contributed by atoms with van der Waals surface area (Å²) in [5, 5.41) is 15.9. The van der Waals surface area contributed by atoms with Crippen LogP contribution in [0, 0.1) is 0 Å². The minimum Gasteiger partial charge on any atom is -0.313 e. The van der Waals surface area contributed by atoms with Gasteiger partial charge in [-0.2, -0.15) is 9.61 Å². The Hall–Kier alpha value is -1.79. The van der Waals surface area contributed by atoms with Crippen LogP contribution in [-0.4, -0.2) is 26.9 Å². The molecule has 0 aliphatic heterocycles. The quantitative estimate of drug-likeness (QED) is 0.805. The standard InChI is InChI=1S/C13H12BrN5/c1-15-8-13-17-16-12-6-5-11(18-19(12)13)9-3-2-4-10(14)7-9/h2-7,15H,8H2,1H3. The molecule has 5 nitrogen and oxygen atoms in total. The molecule has 0 radical (unpaired) electrons. The molecule has 3 rings (SSSR count). The number of rotatable bonds is 3. The molecule has 2 aromatic heterocycles. The molecule has 6 heteroatoms. The highest BCUT2D eigenvalue weighted by Crippen LogP contribution is 2.21. The van der Waals surface area contributed by atoms with Gasteiger partial charge in [-0.3, -0.25) is 0 Å². The zero-order chi connectivity index (χ0) is 13.2. The maximum absolute atomic E-state index is 4.60. The van der Waals surface area contributed by atoms with E-state index in [0.717, 1.165) is 27.2 Å². The summed E-state index contributed by atoms with van der Waals surface area (Å²) in [5.41, 5.74) is 2.70. The predicted octanol–water partition coefficient (Wildman–Crippen LogP) is 2.27. The SMILES string of the molecule is CNCc1nnc2ccc(-c3cccc(Br)c3)nn12. The molecule has 1 N–H and O–H groups in total. The lowest BCUT2D eigenvalue weighted by Gasteiger charge is -2.03. The fourth-order valence-electron chi connectivity index (χ4n) is 1.90. The summed E-state index contributed by atoms with van der Waals surface area (Å²) in [6.07, 6.45) is 0. The summed E-state index contributed by atoms with van der Waals surface area (Å²) in [6, 6.07) is 11.9. The summed E-state index contributed by atoms with van der Waals surface area (Å²) >= 11 is 3.47. The van der Waals surface area contributed by atoms with E-state index in [-0.39, 0.29) is 0 Å². The third kappa shape index (κ3) is 2.36. The van der Waals surface area contributed by atoms with Crippen LogP contribution in [0.1, 0.15) is 5.82 Å². The minimum absolute atomic E-state index is 0.635. The maximum atomic E-state index is 4.60. The predicted molar refractivity (Wildman–Crippen MR) is 76.7 cm³/mol. The molecule has 96 valence electrons. The Kier molecular flexibility index (Phi) is 3.27. The molecule has 0 fully saturated rings. The van der Waals surface area contributed by atoms with E-state index < -0.39 is 0 Å². The van der Waals surface area contributed by atoms with Crippen molar-refractivity contribution in [2.24, 2.45) is 0 Å². The van der Waals surface area contributed by atoms with Crippen LogP contribution in [0.3, 0.4) is 0 Å². The smallest absolute Gasteiger partial charge is 0.177 e. The molecule has 0 saturated carbocycles. The Bertz CT molecular complexity index is 722. The summed E-state index contributed by atoms with van der Waals surface area (Å²) in [5.74, 6) is 0.800. The van der Waals surface area contributed by atoms with Crippen LogP contribution in [0.15, 0.2) is 40.9 Å². The average molecular weight is 318 g/mol. The molecular formula is C13H12BrN5. The van der Waals surface area contributed by atoms with Crippen LogP contribution < -0.4 is 5.32 Å². The summed E-state index contributed by atoms with van der Waals surface area (Å²) < 4.78 is 2.80. The van der Waals surface area contributed by atoms with Gasteiger partial charge in [-0.25, -0.2) is 0 Å². The van der Waals surface area contributed by atoms with Crippen LogP contribution in [0.5, 0.6) is 0 Å². The first-order valence-electron chi connectivity index (χ1n) is 5.90. The molecule has 3 aromatic rings. The van der Waals surface area contributed by atoms with Crippen LogP contribution >= 0.6 is 15.9 Å². The van der Waals surface area contributed by atoms with Crippen molar-refractivity contribution < 1.29 is 0 Å². The van der Waals surface area contributed by atoms with E-state index >= 15 is 0 Å². The molecule has 0 bridgehead atoms. The summed E-state index contributed by atoms with van der Waals surface area (Å²) in [6.45, 7) is 0.635. The third-order valence-electron chi connectivity index (χ3n) is 2.78. The van der Waals surface area contributed by atoms with Gasteiger partial charge in [0, 0.05) is 10.0 Å². The number of halogens is 1. The molecule has 0 aliphatic carbocycles. The van der Waals surface area contributed by atoms with Crippen molar-refractivity contribution in [1.82, 2.24) is 25.1 Å². The molecule has 0 saturated heterocycles. The largest absolute Gasteiger partial charge is 0.313 e. The van der Waals surface area contributed by atoms with Crippen molar-refractivity contribution in [3.8, 4) is 11.3 Å². The molecular weight excluding hydrogens is 306 g/mol. The van der Waals surface area contributed by atoms with Gasteiger partial charge in [-0.05, 0) is 31.3 Å². The number of nitrogens with zero attached hydrogens (tertiary/aromatic N) is 4.